The lowest BCUT2D eigenvalue weighted by molar-refractivity contribution is -0.130. The topological polar surface area (TPSA) is 32.3 Å². The van der Waals surface area contributed by atoms with Crippen LogP contribution in [0.1, 0.15) is 45.3 Å². The molecule has 1 fully saturated rings. The van der Waals surface area contributed by atoms with Gasteiger partial charge in [-0.3, -0.25) is 10.1 Å². The van der Waals surface area contributed by atoms with Crippen LogP contribution < -0.4 is 5.32 Å². The highest BCUT2D eigenvalue weighted by Gasteiger charge is 2.39. The summed E-state index contributed by atoms with van der Waals surface area (Å²) in [5, 5.41) is 8.36. The SMILES string of the molecule is CSC(C)CCN1C(=O)C(CC(C)C)NC1c1ccsc1. The van der Waals surface area contributed by atoms with Crippen LogP contribution in [-0.2, 0) is 4.79 Å². The number of thioether (sulfide) groups is 1. The van der Waals surface area contributed by atoms with E-state index < -0.39 is 0 Å². The lowest BCUT2D eigenvalue weighted by Crippen LogP contribution is -2.33. The first-order valence-corrected chi connectivity index (χ1v) is 9.87. The van der Waals surface area contributed by atoms with E-state index in [9.17, 15) is 4.79 Å². The Morgan fingerprint density at radius 3 is 2.76 bits per heavy atom. The summed E-state index contributed by atoms with van der Waals surface area (Å²) >= 11 is 3.55. The molecule has 1 aromatic rings. The monoisotopic (exact) mass is 326 g/mol. The summed E-state index contributed by atoms with van der Waals surface area (Å²) in [6, 6.07) is 2.10. The first kappa shape index (κ1) is 16.8. The van der Waals surface area contributed by atoms with Crippen LogP contribution in [-0.4, -0.2) is 34.9 Å². The number of nitrogens with one attached hydrogen (secondary N) is 1. The third kappa shape index (κ3) is 4.24. The maximum absolute atomic E-state index is 12.7. The van der Waals surface area contributed by atoms with Gasteiger partial charge in [0.1, 0.15) is 6.17 Å². The van der Waals surface area contributed by atoms with Crippen LogP contribution >= 0.6 is 23.1 Å². The quantitative estimate of drug-likeness (QED) is 0.828. The largest absolute Gasteiger partial charge is 0.321 e. The highest BCUT2D eigenvalue weighted by Crippen LogP contribution is 2.29. The Balaban J connectivity index is 2.10. The van der Waals surface area contributed by atoms with E-state index in [2.05, 4.69) is 49.2 Å². The third-order valence-electron chi connectivity index (χ3n) is 4.00. The van der Waals surface area contributed by atoms with Gasteiger partial charge in [-0.05, 0) is 47.4 Å². The van der Waals surface area contributed by atoms with Crippen molar-refractivity contribution in [2.45, 2.75) is 51.1 Å². The molecule has 5 heteroatoms. The maximum atomic E-state index is 12.7. The number of rotatable bonds is 7. The molecule has 0 aromatic carbocycles. The Kier molecular flexibility index (Phi) is 6.14. The van der Waals surface area contributed by atoms with Crippen LogP contribution in [0.25, 0.3) is 0 Å². The molecule has 3 unspecified atom stereocenters. The zero-order valence-corrected chi connectivity index (χ0v) is 15.0. The second-order valence-corrected chi connectivity index (χ2v) is 8.23. The molecule has 1 aliphatic rings. The molecule has 0 spiro atoms. The average molecular weight is 327 g/mol. The van der Waals surface area contributed by atoms with Gasteiger partial charge in [0.15, 0.2) is 0 Å². The molecule has 3 atom stereocenters. The molecule has 0 bridgehead atoms. The average Bonchev–Trinajstić information content (AvgIpc) is 3.05. The van der Waals surface area contributed by atoms with Gasteiger partial charge in [0, 0.05) is 11.8 Å². The molecule has 1 aliphatic heterocycles. The predicted molar refractivity (Wildman–Crippen MR) is 92.7 cm³/mol. The van der Waals surface area contributed by atoms with Crippen LogP contribution in [0.5, 0.6) is 0 Å². The lowest BCUT2D eigenvalue weighted by atomic mass is 10.0. The normalized spacial score (nSPS) is 24.0. The van der Waals surface area contributed by atoms with Crippen molar-refractivity contribution in [2.75, 3.05) is 12.8 Å². The molecule has 2 heterocycles. The van der Waals surface area contributed by atoms with E-state index in [-0.39, 0.29) is 18.1 Å². The van der Waals surface area contributed by atoms with E-state index in [0.717, 1.165) is 19.4 Å². The maximum Gasteiger partial charge on any atom is 0.241 e. The Morgan fingerprint density at radius 2 is 2.19 bits per heavy atom. The molecular weight excluding hydrogens is 300 g/mol. The standard InChI is InChI=1S/C16H26N2OS2/c1-11(2)9-14-16(19)18(7-5-12(3)20-4)15(17-14)13-6-8-21-10-13/h6,8,10-12,14-15,17H,5,7,9H2,1-4H3. The van der Waals surface area contributed by atoms with Gasteiger partial charge in [-0.25, -0.2) is 0 Å². The number of amides is 1. The molecule has 1 amide bonds. The lowest BCUT2D eigenvalue weighted by Gasteiger charge is -2.24. The summed E-state index contributed by atoms with van der Waals surface area (Å²) in [7, 11) is 0. The second kappa shape index (κ2) is 7.65. The predicted octanol–water partition coefficient (Wildman–Crippen LogP) is 3.73. The van der Waals surface area contributed by atoms with Crippen LogP contribution in [0.4, 0.5) is 0 Å². The van der Waals surface area contributed by atoms with Crippen molar-refractivity contribution in [1.29, 1.82) is 0 Å². The first-order chi connectivity index (χ1) is 10.0. The highest BCUT2D eigenvalue weighted by molar-refractivity contribution is 7.99. The number of carbonyl (C=O) groups excluding carboxylic acids is 1. The van der Waals surface area contributed by atoms with Crippen molar-refractivity contribution in [3.63, 3.8) is 0 Å². The molecule has 0 radical (unpaired) electrons. The van der Waals surface area contributed by atoms with Crippen molar-refractivity contribution in [3.05, 3.63) is 22.4 Å². The zero-order valence-electron chi connectivity index (χ0n) is 13.3. The number of thiophene rings is 1. The van der Waals surface area contributed by atoms with Gasteiger partial charge in [-0.2, -0.15) is 23.1 Å². The summed E-state index contributed by atoms with van der Waals surface area (Å²) in [6.07, 6.45) is 4.14. The van der Waals surface area contributed by atoms with Crippen molar-refractivity contribution in [2.24, 2.45) is 5.92 Å². The molecule has 0 aliphatic carbocycles. The fourth-order valence-electron chi connectivity index (χ4n) is 2.70. The van der Waals surface area contributed by atoms with Crippen LogP contribution in [0.3, 0.4) is 0 Å². The van der Waals surface area contributed by atoms with Crippen LogP contribution in [0, 0.1) is 5.92 Å². The van der Waals surface area contributed by atoms with E-state index in [1.807, 2.05) is 16.7 Å². The summed E-state index contributed by atoms with van der Waals surface area (Å²) in [5.74, 6) is 0.799. The van der Waals surface area contributed by atoms with Crippen molar-refractivity contribution in [3.8, 4) is 0 Å². The molecule has 0 saturated carbocycles. The highest BCUT2D eigenvalue weighted by atomic mass is 32.2. The summed E-state index contributed by atoms with van der Waals surface area (Å²) in [4.78, 5) is 14.8. The number of carbonyl (C=O) groups is 1. The summed E-state index contributed by atoms with van der Waals surface area (Å²) in [6.45, 7) is 7.41. The molecular formula is C16H26N2OS2. The van der Waals surface area contributed by atoms with Crippen molar-refractivity contribution < 1.29 is 4.79 Å². The van der Waals surface area contributed by atoms with Gasteiger partial charge in [0.25, 0.3) is 0 Å². The molecule has 2 rings (SSSR count). The van der Waals surface area contributed by atoms with Crippen LogP contribution in [0.2, 0.25) is 0 Å². The smallest absolute Gasteiger partial charge is 0.241 e. The molecule has 118 valence electrons. The van der Waals surface area contributed by atoms with E-state index in [4.69, 9.17) is 0 Å². The van der Waals surface area contributed by atoms with Gasteiger partial charge in [-0.1, -0.05) is 20.8 Å². The molecule has 1 N–H and O–H groups in total. The zero-order chi connectivity index (χ0) is 15.4. The summed E-state index contributed by atoms with van der Waals surface area (Å²) in [5.41, 5.74) is 1.22. The molecule has 1 saturated heterocycles. The van der Waals surface area contributed by atoms with Gasteiger partial charge in [0.05, 0.1) is 6.04 Å². The minimum atomic E-state index is -0.0283. The van der Waals surface area contributed by atoms with Crippen molar-refractivity contribution >= 4 is 29.0 Å². The van der Waals surface area contributed by atoms with Crippen molar-refractivity contribution in [1.82, 2.24) is 10.2 Å². The Hall–Kier alpha value is -0.520. The number of nitrogens with zero attached hydrogens (tertiary/aromatic N) is 1. The first-order valence-electron chi connectivity index (χ1n) is 7.64. The summed E-state index contributed by atoms with van der Waals surface area (Å²) < 4.78 is 0. The molecule has 21 heavy (non-hydrogen) atoms. The second-order valence-electron chi connectivity index (χ2n) is 6.17. The minimum absolute atomic E-state index is 0.0283. The Morgan fingerprint density at radius 1 is 1.43 bits per heavy atom. The number of hydrogen-bond donors (Lipinski definition) is 1. The van der Waals surface area contributed by atoms with Gasteiger partial charge in [-0.15, -0.1) is 0 Å². The molecule has 3 nitrogen and oxygen atoms in total. The van der Waals surface area contributed by atoms with E-state index in [0.29, 0.717) is 11.2 Å². The molecule has 1 aromatic heterocycles. The van der Waals surface area contributed by atoms with Crippen LogP contribution in [0.15, 0.2) is 16.8 Å². The minimum Gasteiger partial charge on any atom is -0.321 e. The van der Waals surface area contributed by atoms with Gasteiger partial charge in [0.2, 0.25) is 5.91 Å². The van der Waals surface area contributed by atoms with E-state index in [1.165, 1.54) is 5.56 Å². The fourth-order valence-corrected chi connectivity index (χ4v) is 3.72. The Bertz CT molecular complexity index is 447. The van der Waals surface area contributed by atoms with E-state index in [1.54, 1.807) is 11.3 Å². The van der Waals surface area contributed by atoms with Gasteiger partial charge < -0.3 is 4.90 Å². The van der Waals surface area contributed by atoms with E-state index >= 15 is 0 Å². The third-order valence-corrected chi connectivity index (χ3v) is 5.74. The fraction of sp³-hybridized carbons (Fsp3) is 0.688. The van der Waals surface area contributed by atoms with Gasteiger partial charge >= 0.3 is 0 Å². The Labute approximate surface area is 136 Å². The number of hydrogen-bond acceptors (Lipinski definition) is 4.